The number of fused-ring (bicyclic) bond motifs is 1. The SMILES string of the molecule is O=C(O)c1ccc2ncn(CCOC(F)F)c2c1. The molecule has 0 radical (unpaired) electrons. The van der Waals surface area contributed by atoms with Crippen molar-refractivity contribution in [3.05, 3.63) is 30.1 Å². The van der Waals surface area contributed by atoms with Gasteiger partial charge < -0.3 is 14.4 Å². The fraction of sp³-hybridized carbons (Fsp3) is 0.273. The Kier molecular flexibility index (Phi) is 3.52. The van der Waals surface area contributed by atoms with E-state index in [0.717, 1.165) is 0 Å². The molecule has 1 aromatic heterocycles. The summed E-state index contributed by atoms with van der Waals surface area (Å²) >= 11 is 0. The number of alkyl halides is 2. The maximum Gasteiger partial charge on any atom is 0.345 e. The Morgan fingerprint density at radius 3 is 2.94 bits per heavy atom. The number of hydrogen-bond acceptors (Lipinski definition) is 3. The Hall–Kier alpha value is -2.02. The van der Waals surface area contributed by atoms with Crippen LogP contribution in [0, 0.1) is 0 Å². The van der Waals surface area contributed by atoms with E-state index >= 15 is 0 Å². The molecule has 1 N–H and O–H groups in total. The standard InChI is InChI=1S/C11H10F2N2O3/c12-11(13)18-4-3-15-6-14-8-2-1-7(10(16)17)5-9(8)15/h1-2,5-6,11H,3-4H2,(H,16,17). The van der Waals surface area contributed by atoms with Gasteiger partial charge in [0.15, 0.2) is 0 Å². The second-order valence-electron chi connectivity index (χ2n) is 3.58. The van der Waals surface area contributed by atoms with E-state index < -0.39 is 12.6 Å². The minimum Gasteiger partial charge on any atom is -0.478 e. The Morgan fingerprint density at radius 1 is 1.50 bits per heavy atom. The number of aromatic carboxylic acids is 1. The van der Waals surface area contributed by atoms with E-state index in [2.05, 4.69) is 9.72 Å². The Balaban J connectivity index is 2.22. The molecule has 2 aromatic rings. The fourth-order valence-corrected chi connectivity index (χ4v) is 1.61. The molecule has 0 aliphatic heterocycles. The van der Waals surface area contributed by atoms with Crippen molar-refractivity contribution in [2.45, 2.75) is 13.2 Å². The summed E-state index contributed by atoms with van der Waals surface area (Å²) < 4.78 is 29.4. The number of carbonyl (C=O) groups is 1. The van der Waals surface area contributed by atoms with Gasteiger partial charge in [-0.15, -0.1) is 0 Å². The first kappa shape index (κ1) is 12.4. The van der Waals surface area contributed by atoms with Crippen LogP contribution in [0.3, 0.4) is 0 Å². The maximum absolute atomic E-state index is 11.8. The monoisotopic (exact) mass is 256 g/mol. The van der Waals surface area contributed by atoms with Crippen LogP contribution in [-0.2, 0) is 11.3 Å². The van der Waals surface area contributed by atoms with Gasteiger partial charge in [-0.25, -0.2) is 9.78 Å². The van der Waals surface area contributed by atoms with Gasteiger partial charge in [0.1, 0.15) is 0 Å². The Morgan fingerprint density at radius 2 is 2.28 bits per heavy atom. The van der Waals surface area contributed by atoms with Crippen LogP contribution in [0.2, 0.25) is 0 Å². The van der Waals surface area contributed by atoms with Crippen molar-refractivity contribution in [1.29, 1.82) is 0 Å². The topological polar surface area (TPSA) is 64.3 Å². The highest BCUT2D eigenvalue weighted by Crippen LogP contribution is 2.15. The van der Waals surface area contributed by atoms with Crippen LogP contribution in [0.25, 0.3) is 11.0 Å². The molecule has 1 heterocycles. The molecule has 0 spiro atoms. The van der Waals surface area contributed by atoms with Crippen LogP contribution < -0.4 is 0 Å². The number of carboxylic acid groups (broad SMARTS) is 1. The molecule has 0 atom stereocenters. The van der Waals surface area contributed by atoms with Crippen molar-refractivity contribution in [1.82, 2.24) is 9.55 Å². The van der Waals surface area contributed by atoms with Gasteiger partial charge in [0.05, 0.1) is 29.5 Å². The molecule has 0 saturated heterocycles. The number of rotatable bonds is 5. The molecule has 96 valence electrons. The molecular formula is C11H10F2N2O3. The van der Waals surface area contributed by atoms with E-state index in [1.807, 2.05) is 0 Å². The van der Waals surface area contributed by atoms with Crippen molar-refractivity contribution in [3.63, 3.8) is 0 Å². The van der Waals surface area contributed by atoms with E-state index in [-0.39, 0.29) is 18.7 Å². The number of hydrogen-bond donors (Lipinski definition) is 1. The number of carboxylic acids is 1. The van der Waals surface area contributed by atoms with Gasteiger partial charge in [0.2, 0.25) is 0 Å². The van der Waals surface area contributed by atoms with Crippen molar-refractivity contribution < 1.29 is 23.4 Å². The molecule has 1 aromatic carbocycles. The largest absolute Gasteiger partial charge is 0.478 e. The Labute approximate surface area is 101 Å². The lowest BCUT2D eigenvalue weighted by Gasteiger charge is -2.05. The molecule has 18 heavy (non-hydrogen) atoms. The summed E-state index contributed by atoms with van der Waals surface area (Å²) in [7, 11) is 0. The van der Waals surface area contributed by atoms with Crippen molar-refractivity contribution in [2.24, 2.45) is 0 Å². The first-order valence-corrected chi connectivity index (χ1v) is 5.16. The molecule has 0 bridgehead atoms. The predicted molar refractivity (Wildman–Crippen MR) is 58.6 cm³/mol. The minimum atomic E-state index is -2.81. The summed E-state index contributed by atoms with van der Waals surface area (Å²) in [6.45, 7) is -2.79. The number of benzene rings is 1. The summed E-state index contributed by atoms with van der Waals surface area (Å²) in [6, 6.07) is 4.47. The quantitative estimate of drug-likeness (QED) is 0.888. The van der Waals surface area contributed by atoms with Crippen molar-refractivity contribution in [2.75, 3.05) is 6.61 Å². The molecule has 7 heteroatoms. The molecule has 0 fully saturated rings. The number of nitrogens with zero attached hydrogens (tertiary/aromatic N) is 2. The van der Waals surface area contributed by atoms with Crippen LogP contribution in [0.1, 0.15) is 10.4 Å². The van der Waals surface area contributed by atoms with E-state index in [0.29, 0.717) is 11.0 Å². The highest BCUT2D eigenvalue weighted by Gasteiger charge is 2.08. The predicted octanol–water partition coefficient (Wildman–Crippen LogP) is 1.97. The van der Waals surface area contributed by atoms with Crippen LogP contribution in [-0.4, -0.2) is 33.8 Å². The fourth-order valence-electron chi connectivity index (χ4n) is 1.61. The van der Waals surface area contributed by atoms with Crippen LogP contribution in [0.15, 0.2) is 24.5 Å². The zero-order valence-corrected chi connectivity index (χ0v) is 9.22. The summed E-state index contributed by atoms with van der Waals surface area (Å²) in [6.07, 6.45) is 1.46. The van der Waals surface area contributed by atoms with Crippen LogP contribution >= 0.6 is 0 Å². The lowest BCUT2D eigenvalue weighted by molar-refractivity contribution is -0.130. The molecule has 5 nitrogen and oxygen atoms in total. The molecule has 0 aliphatic rings. The first-order valence-electron chi connectivity index (χ1n) is 5.16. The number of halogens is 2. The third kappa shape index (κ3) is 2.62. The lowest BCUT2D eigenvalue weighted by Crippen LogP contribution is -2.08. The summed E-state index contributed by atoms with van der Waals surface area (Å²) in [5.74, 6) is -1.05. The maximum atomic E-state index is 11.8. The zero-order valence-electron chi connectivity index (χ0n) is 9.22. The van der Waals surface area contributed by atoms with Gasteiger partial charge in [0.25, 0.3) is 0 Å². The van der Waals surface area contributed by atoms with Crippen molar-refractivity contribution >= 4 is 17.0 Å². The zero-order chi connectivity index (χ0) is 13.1. The van der Waals surface area contributed by atoms with Gasteiger partial charge in [-0.3, -0.25) is 0 Å². The molecule has 0 amide bonds. The third-order valence-electron chi connectivity index (χ3n) is 2.44. The lowest BCUT2D eigenvalue weighted by atomic mass is 10.2. The van der Waals surface area contributed by atoms with Gasteiger partial charge in [-0.05, 0) is 18.2 Å². The highest BCUT2D eigenvalue weighted by atomic mass is 19.3. The minimum absolute atomic E-state index is 0.124. The molecule has 0 unspecified atom stereocenters. The number of ether oxygens (including phenoxy) is 1. The average molecular weight is 256 g/mol. The molecular weight excluding hydrogens is 246 g/mol. The highest BCUT2D eigenvalue weighted by molar-refractivity contribution is 5.92. The van der Waals surface area contributed by atoms with Crippen LogP contribution in [0.5, 0.6) is 0 Å². The van der Waals surface area contributed by atoms with Gasteiger partial charge in [-0.1, -0.05) is 0 Å². The molecule has 0 saturated carbocycles. The normalized spacial score (nSPS) is 11.3. The van der Waals surface area contributed by atoms with Crippen molar-refractivity contribution in [3.8, 4) is 0 Å². The Bertz CT molecular complexity index is 568. The number of imidazole rings is 1. The average Bonchev–Trinajstić information content (AvgIpc) is 2.71. The van der Waals surface area contributed by atoms with E-state index in [1.165, 1.54) is 18.5 Å². The number of aromatic nitrogens is 2. The second kappa shape index (κ2) is 5.09. The van der Waals surface area contributed by atoms with Gasteiger partial charge in [-0.2, -0.15) is 8.78 Å². The summed E-state index contributed by atoms with van der Waals surface area (Å²) in [5.41, 5.74) is 1.31. The van der Waals surface area contributed by atoms with E-state index in [1.54, 1.807) is 10.6 Å². The van der Waals surface area contributed by atoms with Gasteiger partial charge >= 0.3 is 12.6 Å². The van der Waals surface area contributed by atoms with E-state index in [9.17, 15) is 13.6 Å². The molecule has 0 aliphatic carbocycles. The van der Waals surface area contributed by atoms with Crippen LogP contribution in [0.4, 0.5) is 8.78 Å². The first-order chi connectivity index (χ1) is 8.58. The van der Waals surface area contributed by atoms with E-state index in [4.69, 9.17) is 5.11 Å². The smallest absolute Gasteiger partial charge is 0.345 e. The summed E-state index contributed by atoms with van der Waals surface area (Å²) in [5, 5.41) is 8.87. The molecule has 2 rings (SSSR count). The second-order valence-corrected chi connectivity index (χ2v) is 3.58. The third-order valence-corrected chi connectivity index (χ3v) is 2.44. The summed E-state index contributed by atoms with van der Waals surface area (Å²) in [4.78, 5) is 14.9. The van der Waals surface area contributed by atoms with Gasteiger partial charge in [0, 0.05) is 6.54 Å².